The predicted molar refractivity (Wildman–Crippen MR) is 96.2 cm³/mol. The van der Waals surface area contributed by atoms with Crippen molar-refractivity contribution in [2.75, 3.05) is 18.5 Å². The lowest BCUT2D eigenvalue weighted by molar-refractivity contribution is -0.0288. The minimum absolute atomic E-state index is 0.0279. The van der Waals surface area contributed by atoms with Gasteiger partial charge in [-0.15, -0.1) is 0 Å². The van der Waals surface area contributed by atoms with Crippen LogP contribution in [0, 0.1) is 31.1 Å². The van der Waals surface area contributed by atoms with Gasteiger partial charge in [0, 0.05) is 37.5 Å². The molecular weight excluding hydrogens is 314 g/mol. The van der Waals surface area contributed by atoms with Crippen LogP contribution in [0.5, 0.6) is 0 Å². The van der Waals surface area contributed by atoms with Crippen molar-refractivity contribution in [3.05, 3.63) is 40.8 Å². The summed E-state index contributed by atoms with van der Waals surface area (Å²) < 4.78 is 8.08. The molecule has 6 nitrogen and oxygen atoms in total. The van der Waals surface area contributed by atoms with Gasteiger partial charge in [-0.1, -0.05) is 0 Å². The van der Waals surface area contributed by atoms with Gasteiger partial charge in [0.25, 0.3) is 0 Å². The first-order valence-corrected chi connectivity index (χ1v) is 8.89. The number of hydrogen-bond acceptors (Lipinski definition) is 5. The second kappa shape index (κ2) is 7.66. The zero-order valence-electron chi connectivity index (χ0n) is 15.1. The molecule has 132 valence electrons. The van der Waals surface area contributed by atoms with Crippen molar-refractivity contribution < 1.29 is 4.74 Å². The Morgan fingerprint density at radius 1 is 1.44 bits per heavy atom. The third-order valence-corrected chi connectivity index (χ3v) is 4.77. The Hall–Kier alpha value is -2.39. The Bertz CT molecular complexity index is 777. The van der Waals surface area contributed by atoms with E-state index in [1.165, 1.54) is 0 Å². The molecule has 3 heterocycles. The minimum Gasteiger partial charge on any atom is -0.372 e. The second-order valence-corrected chi connectivity index (χ2v) is 6.56. The molecule has 1 N–H and O–H groups in total. The molecule has 1 saturated heterocycles. The smallest absolute Gasteiger partial charge is 0.144 e. The van der Waals surface area contributed by atoms with Gasteiger partial charge < -0.3 is 10.1 Å². The number of aromatic nitrogens is 3. The van der Waals surface area contributed by atoms with Crippen LogP contribution in [0.4, 0.5) is 5.82 Å². The molecule has 0 aromatic carbocycles. The topological polar surface area (TPSA) is 75.8 Å². The Balaban J connectivity index is 1.79. The molecule has 1 aliphatic rings. The summed E-state index contributed by atoms with van der Waals surface area (Å²) in [6.07, 6.45) is 3.99. The zero-order chi connectivity index (χ0) is 17.8. The van der Waals surface area contributed by atoms with E-state index in [4.69, 9.17) is 4.74 Å². The summed E-state index contributed by atoms with van der Waals surface area (Å²) in [5.74, 6) is 0.998. The number of pyridine rings is 1. The maximum absolute atomic E-state index is 9.43. The normalized spacial score (nSPS) is 20.2. The van der Waals surface area contributed by atoms with Crippen LogP contribution in [0.2, 0.25) is 0 Å². The van der Waals surface area contributed by atoms with Crippen molar-refractivity contribution in [3.63, 3.8) is 0 Å². The van der Waals surface area contributed by atoms with E-state index < -0.39 is 0 Å². The highest BCUT2D eigenvalue weighted by Gasteiger charge is 2.30. The van der Waals surface area contributed by atoms with Crippen LogP contribution >= 0.6 is 0 Å². The molecule has 0 bridgehead atoms. The molecule has 0 aliphatic carbocycles. The second-order valence-electron chi connectivity index (χ2n) is 6.56. The van der Waals surface area contributed by atoms with Gasteiger partial charge in [-0.2, -0.15) is 10.4 Å². The fourth-order valence-electron chi connectivity index (χ4n) is 3.56. The molecule has 0 spiro atoms. The number of nitrogens with zero attached hydrogens (tertiary/aromatic N) is 4. The highest BCUT2D eigenvalue weighted by atomic mass is 16.5. The van der Waals surface area contributed by atoms with E-state index in [9.17, 15) is 5.26 Å². The lowest BCUT2D eigenvalue weighted by atomic mass is 9.92. The van der Waals surface area contributed by atoms with Crippen molar-refractivity contribution in [1.29, 1.82) is 5.26 Å². The first kappa shape index (κ1) is 17.4. The van der Waals surface area contributed by atoms with E-state index in [0.29, 0.717) is 17.3 Å². The third kappa shape index (κ3) is 3.67. The fraction of sp³-hybridized carbons (Fsp3) is 0.526. The fourth-order valence-corrected chi connectivity index (χ4v) is 3.56. The number of aryl methyl sites for hydroxylation is 3. The van der Waals surface area contributed by atoms with Crippen molar-refractivity contribution in [1.82, 2.24) is 14.8 Å². The summed E-state index contributed by atoms with van der Waals surface area (Å²) in [7, 11) is 0. The molecule has 0 amide bonds. The van der Waals surface area contributed by atoms with Gasteiger partial charge in [0.2, 0.25) is 0 Å². The van der Waals surface area contributed by atoms with E-state index >= 15 is 0 Å². The summed E-state index contributed by atoms with van der Waals surface area (Å²) in [5.41, 5.74) is 3.62. The molecule has 2 atom stereocenters. The molecule has 25 heavy (non-hydrogen) atoms. The van der Waals surface area contributed by atoms with E-state index in [1.807, 2.05) is 36.9 Å². The molecule has 6 heteroatoms. The van der Waals surface area contributed by atoms with Gasteiger partial charge in [-0.25, -0.2) is 4.98 Å². The van der Waals surface area contributed by atoms with Crippen LogP contribution in [0.3, 0.4) is 0 Å². The lowest BCUT2D eigenvalue weighted by Crippen LogP contribution is -2.30. The van der Waals surface area contributed by atoms with Gasteiger partial charge in [-0.05, 0) is 51.3 Å². The van der Waals surface area contributed by atoms with Crippen LogP contribution in [-0.2, 0) is 11.3 Å². The molecule has 0 saturated carbocycles. The number of hydrogen-bond donors (Lipinski definition) is 1. The summed E-state index contributed by atoms with van der Waals surface area (Å²) in [4.78, 5) is 4.52. The molecular formula is C19H25N5O. The number of nitrogens with one attached hydrogen (secondary N) is 1. The maximum Gasteiger partial charge on any atom is 0.144 e. The Morgan fingerprint density at radius 3 is 3.04 bits per heavy atom. The molecule has 1 fully saturated rings. The number of rotatable bonds is 5. The molecule has 3 rings (SSSR count). The lowest BCUT2D eigenvalue weighted by Gasteiger charge is -2.32. The summed E-state index contributed by atoms with van der Waals surface area (Å²) in [5, 5.41) is 17.2. The first-order valence-electron chi connectivity index (χ1n) is 8.89. The van der Waals surface area contributed by atoms with Crippen molar-refractivity contribution in [3.8, 4) is 6.07 Å². The van der Waals surface area contributed by atoms with E-state index in [-0.39, 0.29) is 6.10 Å². The van der Waals surface area contributed by atoms with Crippen molar-refractivity contribution >= 4 is 5.82 Å². The SMILES string of the molecule is CCn1nccc1[C@@H]1OCCC[C@H]1CNc1nc(C)cc(C)c1C#N. The van der Waals surface area contributed by atoms with Crippen LogP contribution in [0.15, 0.2) is 18.3 Å². The number of ether oxygens (including phenoxy) is 1. The highest BCUT2D eigenvalue weighted by molar-refractivity contribution is 5.56. The minimum atomic E-state index is 0.0279. The Labute approximate surface area is 148 Å². The first-order chi connectivity index (χ1) is 12.1. The number of nitriles is 1. The van der Waals surface area contributed by atoms with Crippen LogP contribution in [-0.4, -0.2) is 27.9 Å². The average molecular weight is 339 g/mol. The summed E-state index contributed by atoms with van der Waals surface area (Å²) in [6.45, 7) is 8.33. The van der Waals surface area contributed by atoms with E-state index in [0.717, 1.165) is 49.5 Å². The Morgan fingerprint density at radius 2 is 2.28 bits per heavy atom. The molecule has 2 aromatic rings. The number of anilines is 1. The monoisotopic (exact) mass is 339 g/mol. The van der Waals surface area contributed by atoms with Gasteiger partial charge in [-0.3, -0.25) is 4.68 Å². The average Bonchev–Trinajstić information content (AvgIpc) is 3.08. The van der Waals surface area contributed by atoms with E-state index in [2.05, 4.69) is 28.4 Å². The van der Waals surface area contributed by atoms with Gasteiger partial charge in [0.05, 0.1) is 11.3 Å². The summed E-state index contributed by atoms with van der Waals surface area (Å²) in [6, 6.07) is 6.25. The maximum atomic E-state index is 9.43. The van der Waals surface area contributed by atoms with Gasteiger partial charge >= 0.3 is 0 Å². The Kier molecular flexibility index (Phi) is 5.34. The predicted octanol–water partition coefficient (Wildman–Crippen LogP) is 3.37. The van der Waals surface area contributed by atoms with Crippen LogP contribution < -0.4 is 5.32 Å². The molecule has 2 aromatic heterocycles. The van der Waals surface area contributed by atoms with Crippen molar-refractivity contribution in [2.45, 2.75) is 46.3 Å². The molecule has 0 unspecified atom stereocenters. The third-order valence-electron chi connectivity index (χ3n) is 4.77. The van der Waals surface area contributed by atoms with Crippen LogP contribution in [0.25, 0.3) is 0 Å². The zero-order valence-corrected chi connectivity index (χ0v) is 15.1. The van der Waals surface area contributed by atoms with Crippen molar-refractivity contribution in [2.24, 2.45) is 5.92 Å². The van der Waals surface area contributed by atoms with Gasteiger partial charge in [0.15, 0.2) is 0 Å². The summed E-state index contributed by atoms with van der Waals surface area (Å²) >= 11 is 0. The largest absolute Gasteiger partial charge is 0.372 e. The van der Waals surface area contributed by atoms with E-state index in [1.54, 1.807) is 0 Å². The molecule has 1 aliphatic heterocycles. The molecule has 0 radical (unpaired) electrons. The highest BCUT2D eigenvalue weighted by Crippen LogP contribution is 2.34. The quantitative estimate of drug-likeness (QED) is 0.904. The van der Waals surface area contributed by atoms with Crippen LogP contribution in [0.1, 0.15) is 48.4 Å². The van der Waals surface area contributed by atoms with Gasteiger partial charge in [0.1, 0.15) is 18.0 Å². The standard InChI is InChI=1S/C19H25N5O/c1-4-24-17(7-8-22-24)18-15(6-5-9-25-18)12-21-19-16(11-20)13(2)10-14(3)23-19/h7-8,10,15,18H,4-6,9,12H2,1-3H3,(H,21,23)/t15-,18+/m0/s1.